The van der Waals surface area contributed by atoms with Crippen molar-refractivity contribution in [2.24, 2.45) is 5.10 Å². The van der Waals surface area contributed by atoms with E-state index < -0.39 is 5.82 Å². The number of halogens is 4. The summed E-state index contributed by atoms with van der Waals surface area (Å²) in [7, 11) is 0. The molecule has 1 amide bonds. The van der Waals surface area contributed by atoms with Crippen LogP contribution < -0.4 is 5.43 Å². The lowest BCUT2D eigenvalue weighted by Crippen LogP contribution is -2.19. The first-order valence-corrected chi connectivity index (χ1v) is 9.04. The second-order valence-electron chi connectivity index (χ2n) is 4.62. The Labute approximate surface area is 158 Å². The minimum Gasteiger partial charge on any atom is -0.272 e. The van der Waals surface area contributed by atoms with Gasteiger partial charge in [0.2, 0.25) is 5.91 Å². The molecular weight excluding hydrogens is 394 g/mol. The molecule has 0 fully saturated rings. The zero-order valence-corrected chi connectivity index (χ0v) is 15.3. The normalized spacial score (nSPS) is 11.0. The van der Waals surface area contributed by atoms with Crippen molar-refractivity contribution < 1.29 is 9.18 Å². The maximum absolute atomic E-state index is 13.5. The minimum absolute atomic E-state index is 0.120. The Morgan fingerprint density at radius 3 is 2.42 bits per heavy atom. The summed E-state index contributed by atoms with van der Waals surface area (Å²) in [5.41, 5.74) is 3.22. The molecule has 0 saturated heterocycles. The van der Waals surface area contributed by atoms with E-state index in [9.17, 15) is 9.18 Å². The summed E-state index contributed by atoms with van der Waals surface area (Å²) >= 11 is 19.3. The number of hydrogen-bond donors (Lipinski definition) is 1. The van der Waals surface area contributed by atoms with Gasteiger partial charge in [-0.25, -0.2) is 9.82 Å². The van der Waals surface area contributed by atoms with Gasteiger partial charge >= 0.3 is 0 Å². The molecule has 0 saturated carbocycles. The Morgan fingerprint density at radius 1 is 1.12 bits per heavy atom. The Balaban J connectivity index is 1.83. The maximum Gasteiger partial charge on any atom is 0.250 e. The molecular formula is C16H12Cl3FN2OS. The van der Waals surface area contributed by atoms with Crippen LogP contribution in [0.25, 0.3) is 0 Å². The van der Waals surface area contributed by atoms with Crippen molar-refractivity contribution >= 4 is 58.7 Å². The second-order valence-corrected chi connectivity index (χ2v) is 6.83. The van der Waals surface area contributed by atoms with Crippen LogP contribution in [0.2, 0.25) is 15.1 Å². The Morgan fingerprint density at radius 2 is 1.75 bits per heavy atom. The van der Waals surface area contributed by atoms with Gasteiger partial charge in [0.25, 0.3) is 0 Å². The van der Waals surface area contributed by atoms with E-state index in [-0.39, 0.29) is 22.2 Å². The summed E-state index contributed by atoms with van der Waals surface area (Å²) in [5, 5.41) is 5.04. The van der Waals surface area contributed by atoms with Crippen LogP contribution in [0.4, 0.5) is 4.39 Å². The molecule has 24 heavy (non-hydrogen) atoms. The third kappa shape index (κ3) is 5.38. The molecule has 0 aliphatic carbocycles. The molecule has 126 valence electrons. The van der Waals surface area contributed by atoms with Gasteiger partial charge in [-0.3, -0.25) is 4.79 Å². The number of carbonyl (C=O) groups excluding carboxylic acids is 1. The van der Waals surface area contributed by atoms with Gasteiger partial charge in [-0.2, -0.15) is 5.10 Å². The number of rotatable bonds is 6. The molecule has 0 aliphatic rings. The largest absolute Gasteiger partial charge is 0.272 e. The highest BCUT2D eigenvalue weighted by Crippen LogP contribution is 2.28. The lowest BCUT2D eigenvalue weighted by Gasteiger charge is -2.06. The van der Waals surface area contributed by atoms with Crippen LogP contribution in [0.5, 0.6) is 0 Å². The van der Waals surface area contributed by atoms with Crippen LogP contribution in [0.15, 0.2) is 41.5 Å². The minimum atomic E-state index is -0.511. The smallest absolute Gasteiger partial charge is 0.250 e. The zero-order valence-electron chi connectivity index (χ0n) is 12.2. The Hall–Kier alpha value is -1.27. The number of nitrogens with one attached hydrogen (secondary N) is 1. The predicted molar refractivity (Wildman–Crippen MR) is 99.8 cm³/mol. The van der Waals surface area contributed by atoms with E-state index in [1.54, 1.807) is 18.2 Å². The summed E-state index contributed by atoms with van der Waals surface area (Å²) in [5.74, 6) is -0.186. The van der Waals surface area contributed by atoms with E-state index in [2.05, 4.69) is 10.5 Å². The molecule has 0 aliphatic heterocycles. The maximum atomic E-state index is 13.5. The molecule has 8 heteroatoms. The highest BCUT2D eigenvalue weighted by atomic mass is 35.5. The fraction of sp³-hybridized carbons (Fsp3) is 0.125. The zero-order chi connectivity index (χ0) is 17.5. The number of thioether (sulfide) groups is 1. The van der Waals surface area contributed by atoms with Crippen molar-refractivity contribution in [2.45, 2.75) is 5.75 Å². The van der Waals surface area contributed by atoms with Crippen LogP contribution in [0, 0.1) is 5.82 Å². The first kappa shape index (κ1) is 19.1. The summed E-state index contributed by atoms with van der Waals surface area (Å²) in [6.07, 6.45) is 1.17. The average Bonchev–Trinajstić information content (AvgIpc) is 2.53. The van der Waals surface area contributed by atoms with Crippen molar-refractivity contribution in [3.8, 4) is 0 Å². The van der Waals surface area contributed by atoms with E-state index in [0.717, 1.165) is 5.56 Å². The highest BCUT2D eigenvalue weighted by molar-refractivity contribution is 7.99. The molecule has 0 atom stereocenters. The van der Waals surface area contributed by atoms with E-state index >= 15 is 0 Å². The fourth-order valence-corrected chi connectivity index (χ4v) is 3.52. The Kier molecular flexibility index (Phi) is 7.37. The van der Waals surface area contributed by atoms with Crippen molar-refractivity contribution in [1.82, 2.24) is 5.43 Å². The summed E-state index contributed by atoms with van der Waals surface area (Å²) < 4.78 is 13.5. The van der Waals surface area contributed by atoms with Crippen molar-refractivity contribution in [1.29, 1.82) is 0 Å². The number of hydrogen-bond acceptors (Lipinski definition) is 3. The molecule has 2 aromatic rings. The van der Waals surface area contributed by atoms with Gasteiger partial charge in [0, 0.05) is 21.4 Å². The predicted octanol–water partition coefficient (Wildman–Crippen LogP) is 5.17. The van der Waals surface area contributed by atoms with Gasteiger partial charge in [0.15, 0.2) is 0 Å². The monoisotopic (exact) mass is 404 g/mol. The molecule has 0 unspecified atom stereocenters. The van der Waals surface area contributed by atoms with Crippen molar-refractivity contribution in [2.75, 3.05) is 5.75 Å². The highest BCUT2D eigenvalue weighted by Gasteiger charge is 2.08. The van der Waals surface area contributed by atoms with Crippen LogP contribution in [0.3, 0.4) is 0 Å². The molecule has 0 radical (unpaired) electrons. The molecule has 3 nitrogen and oxygen atoms in total. The van der Waals surface area contributed by atoms with E-state index in [1.807, 2.05) is 0 Å². The van der Waals surface area contributed by atoms with E-state index in [1.165, 1.54) is 36.2 Å². The topological polar surface area (TPSA) is 41.5 Å². The number of amides is 1. The SMILES string of the molecule is O=C(CSCc1c(Cl)cccc1Cl)N/N=C\c1c(F)cccc1Cl. The molecule has 0 bridgehead atoms. The number of nitrogens with zero attached hydrogens (tertiary/aromatic N) is 1. The van der Waals surface area contributed by atoms with Crippen LogP contribution >= 0.6 is 46.6 Å². The lowest BCUT2D eigenvalue weighted by atomic mass is 10.2. The third-order valence-corrected chi connectivity index (χ3v) is 4.92. The molecule has 0 heterocycles. The summed E-state index contributed by atoms with van der Waals surface area (Å²) in [6.45, 7) is 0. The molecule has 2 rings (SSSR count). The number of carbonyl (C=O) groups is 1. The van der Waals surface area contributed by atoms with Crippen molar-refractivity contribution in [3.05, 3.63) is 68.4 Å². The third-order valence-electron chi connectivity index (χ3n) is 2.92. The van der Waals surface area contributed by atoms with Crippen LogP contribution in [0.1, 0.15) is 11.1 Å². The fourth-order valence-electron chi connectivity index (χ4n) is 1.75. The second kappa shape index (κ2) is 9.28. The first-order valence-electron chi connectivity index (χ1n) is 6.75. The van der Waals surface area contributed by atoms with E-state index in [0.29, 0.717) is 15.8 Å². The summed E-state index contributed by atoms with van der Waals surface area (Å²) in [6, 6.07) is 9.53. The van der Waals surface area contributed by atoms with E-state index in [4.69, 9.17) is 34.8 Å². The number of benzene rings is 2. The number of hydrazone groups is 1. The Bertz CT molecular complexity index is 730. The standard InChI is InChI=1S/C16H12Cl3FN2OS/c17-12-5-2-6-15(20)10(12)7-21-22-16(23)9-24-8-11-13(18)3-1-4-14(11)19/h1-7H,8-9H2,(H,22,23)/b21-7-. The summed E-state index contributed by atoms with van der Waals surface area (Å²) in [4.78, 5) is 11.7. The molecule has 1 N–H and O–H groups in total. The lowest BCUT2D eigenvalue weighted by molar-refractivity contribution is -0.118. The van der Waals surface area contributed by atoms with Crippen molar-refractivity contribution in [3.63, 3.8) is 0 Å². The average molecular weight is 406 g/mol. The van der Waals surface area contributed by atoms with Gasteiger partial charge in [-0.1, -0.05) is 46.9 Å². The van der Waals surface area contributed by atoms with Gasteiger partial charge in [-0.15, -0.1) is 11.8 Å². The van der Waals surface area contributed by atoms with Crippen LogP contribution in [-0.2, 0) is 10.5 Å². The molecule has 0 spiro atoms. The first-order chi connectivity index (χ1) is 11.5. The van der Waals surface area contributed by atoms with Gasteiger partial charge in [0.1, 0.15) is 5.82 Å². The quantitative estimate of drug-likeness (QED) is 0.532. The van der Waals surface area contributed by atoms with Gasteiger partial charge < -0.3 is 0 Å². The van der Waals surface area contributed by atoms with Crippen LogP contribution in [-0.4, -0.2) is 17.9 Å². The van der Waals surface area contributed by atoms with Gasteiger partial charge in [0.05, 0.1) is 17.0 Å². The molecule has 0 aromatic heterocycles. The molecule has 2 aromatic carbocycles. The van der Waals surface area contributed by atoms with Gasteiger partial charge in [-0.05, 0) is 29.8 Å².